The molecule has 1 aromatic heterocycles. The third-order valence-electron chi connectivity index (χ3n) is 1.81. The highest BCUT2D eigenvalue weighted by Crippen LogP contribution is 2.13. The van der Waals surface area contributed by atoms with Gasteiger partial charge in [-0.05, 0) is 13.8 Å². The first kappa shape index (κ1) is 9.77. The van der Waals surface area contributed by atoms with Crippen molar-refractivity contribution in [1.82, 2.24) is 5.16 Å². The van der Waals surface area contributed by atoms with Crippen LogP contribution in [0.1, 0.15) is 35.7 Å². The molecule has 0 amide bonds. The molecule has 0 aliphatic heterocycles. The van der Waals surface area contributed by atoms with Gasteiger partial charge in [-0.3, -0.25) is 0 Å². The minimum absolute atomic E-state index is 0.290. The molecule has 0 aromatic carbocycles. The Balaban J connectivity index is 2.89. The molecule has 0 bridgehead atoms. The number of carbonyl (C=O) groups excluding carboxylic acids is 1. The molecule has 4 heteroatoms. The molecular formula is C9H13NO3. The van der Waals surface area contributed by atoms with Crippen molar-refractivity contribution in [2.75, 3.05) is 6.61 Å². The third-order valence-corrected chi connectivity index (χ3v) is 1.81. The summed E-state index contributed by atoms with van der Waals surface area (Å²) in [6.45, 7) is 5.87. The molecule has 0 fully saturated rings. The second-order valence-electron chi connectivity index (χ2n) is 2.65. The lowest BCUT2D eigenvalue weighted by Crippen LogP contribution is -2.06. The Bertz CT molecular complexity index is 304. The van der Waals surface area contributed by atoms with Gasteiger partial charge in [0.1, 0.15) is 5.76 Å². The molecule has 0 radical (unpaired) electrons. The summed E-state index contributed by atoms with van der Waals surface area (Å²) in [5.74, 6) is 0.325. The summed E-state index contributed by atoms with van der Waals surface area (Å²) >= 11 is 0. The predicted molar refractivity (Wildman–Crippen MR) is 46.6 cm³/mol. The van der Waals surface area contributed by atoms with Crippen molar-refractivity contribution in [2.24, 2.45) is 0 Å². The normalized spacial score (nSPS) is 10.1. The van der Waals surface area contributed by atoms with Gasteiger partial charge in [0.05, 0.1) is 6.61 Å². The van der Waals surface area contributed by atoms with Crippen LogP contribution in [-0.4, -0.2) is 17.7 Å². The van der Waals surface area contributed by atoms with E-state index in [0.29, 0.717) is 12.3 Å². The van der Waals surface area contributed by atoms with Gasteiger partial charge in [-0.2, -0.15) is 0 Å². The summed E-state index contributed by atoms with van der Waals surface area (Å²) in [5, 5.41) is 3.66. The van der Waals surface area contributed by atoms with Crippen LogP contribution >= 0.6 is 0 Å². The van der Waals surface area contributed by atoms with Crippen LogP contribution in [0, 0.1) is 6.92 Å². The van der Waals surface area contributed by atoms with Crippen molar-refractivity contribution >= 4 is 5.97 Å². The Kier molecular flexibility index (Phi) is 3.06. The second-order valence-corrected chi connectivity index (χ2v) is 2.65. The lowest BCUT2D eigenvalue weighted by atomic mass is 10.2. The number of ether oxygens (including phenoxy) is 1. The van der Waals surface area contributed by atoms with Crippen LogP contribution in [0.5, 0.6) is 0 Å². The number of carbonyl (C=O) groups is 1. The van der Waals surface area contributed by atoms with Crippen molar-refractivity contribution in [2.45, 2.75) is 27.2 Å². The smallest absolute Gasteiger partial charge is 0.360 e. The van der Waals surface area contributed by atoms with Gasteiger partial charge in [0, 0.05) is 12.0 Å². The van der Waals surface area contributed by atoms with E-state index in [2.05, 4.69) is 5.16 Å². The molecule has 0 saturated carbocycles. The number of hydrogen-bond acceptors (Lipinski definition) is 4. The monoisotopic (exact) mass is 183 g/mol. The van der Waals surface area contributed by atoms with Crippen molar-refractivity contribution in [1.29, 1.82) is 0 Å². The molecule has 72 valence electrons. The standard InChI is InChI=1S/C9H13NO3/c1-4-7-6(3)8(10-13-7)9(11)12-5-2/h4-5H2,1-3H3. The van der Waals surface area contributed by atoms with Crippen molar-refractivity contribution in [3.63, 3.8) is 0 Å². The molecule has 1 rings (SSSR count). The molecule has 0 N–H and O–H groups in total. The fraction of sp³-hybridized carbons (Fsp3) is 0.556. The zero-order valence-corrected chi connectivity index (χ0v) is 8.09. The molecule has 1 aromatic rings. The molecular weight excluding hydrogens is 170 g/mol. The molecule has 0 atom stereocenters. The molecule has 1 heterocycles. The van der Waals surface area contributed by atoms with E-state index in [4.69, 9.17) is 9.26 Å². The van der Waals surface area contributed by atoms with E-state index in [9.17, 15) is 4.79 Å². The van der Waals surface area contributed by atoms with E-state index in [1.807, 2.05) is 13.8 Å². The van der Waals surface area contributed by atoms with Crippen LogP contribution in [0.25, 0.3) is 0 Å². The van der Waals surface area contributed by atoms with E-state index in [-0.39, 0.29) is 0 Å². The fourth-order valence-electron chi connectivity index (χ4n) is 1.09. The molecule has 0 unspecified atom stereocenters. The topological polar surface area (TPSA) is 52.3 Å². The number of nitrogens with zero attached hydrogens (tertiary/aromatic N) is 1. The lowest BCUT2D eigenvalue weighted by molar-refractivity contribution is 0.0514. The van der Waals surface area contributed by atoms with Crippen molar-refractivity contribution in [3.05, 3.63) is 17.0 Å². The van der Waals surface area contributed by atoms with Gasteiger partial charge in [0.15, 0.2) is 5.69 Å². The quantitative estimate of drug-likeness (QED) is 0.669. The van der Waals surface area contributed by atoms with E-state index in [1.54, 1.807) is 6.92 Å². The molecule has 0 spiro atoms. The van der Waals surface area contributed by atoms with E-state index in [1.165, 1.54) is 0 Å². The molecule has 0 saturated heterocycles. The molecule has 4 nitrogen and oxygen atoms in total. The maximum atomic E-state index is 11.3. The van der Waals surface area contributed by atoms with Crippen LogP contribution in [0.3, 0.4) is 0 Å². The summed E-state index contributed by atoms with van der Waals surface area (Å²) < 4.78 is 9.77. The van der Waals surface area contributed by atoms with Crippen molar-refractivity contribution < 1.29 is 14.1 Å². The van der Waals surface area contributed by atoms with Gasteiger partial charge < -0.3 is 9.26 Å². The highest BCUT2D eigenvalue weighted by Gasteiger charge is 2.18. The van der Waals surface area contributed by atoms with Gasteiger partial charge in [-0.1, -0.05) is 12.1 Å². The summed E-state index contributed by atoms with van der Waals surface area (Å²) in [4.78, 5) is 11.3. The maximum absolute atomic E-state index is 11.3. The molecule has 13 heavy (non-hydrogen) atoms. The summed E-state index contributed by atoms with van der Waals surface area (Å²) in [6.07, 6.45) is 0.734. The van der Waals surface area contributed by atoms with Crippen LogP contribution in [0.15, 0.2) is 4.52 Å². The Hall–Kier alpha value is -1.32. The Morgan fingerprint density at radius 2 is 2.23 bits per heavy atom. The fourth-order valence-corrected chi connectivity index (χ4v) is 1.09. The van der Waals surface area contributed by atoms with Gasteiger partial charge in [-0.25, -0.2) is 4.79 Å². The van der Waals surface area contributed by atoms with Gasteiger partial charge in [0.2, 0.25) is 0 Å². The Morgan fingerprint density at radius 3 is 2.69 bits per heavy atom. The Labute approximate surface area is 76.9 Å². The number of esters is 1. The highest BCUT2D eigenvalue weighted by atomic mass is 16.5. The lowest BCUT2D eigenvalue weighted by Gasteiger charge is -1.97. The number of aromatic nitrogens is 1. The summed E-state index contributed by atoms with van der Waals surface area (Å²) in [7, 11) is 0. The van der Waals surface area contributed by atoms with Gasteiger partial charge in [0.25, 0.3) is 0 Å². The average Bonchev–Trinajstić information content (AvgIpc) is 2.47. The Morgan fingerprint density at radius 1 is 1.54 bits per heavy atom. The number of hydrogen-bond donors (Lipinski definition) is 0. The zero-order chi connectivity index (χ0) is 9.84. The SMILES string of the molecule is CCOC(=O)c1noc(CC)c1C. The first-order chi connectivity index (χ1) is 6.20. The maximum Gasteiger partial charge on any atom is 0.360 e. The van der Waals surface area contributed by atoms with E-state index >= 15 is 0 Å². The van der Waals surface area contributed by atoms with E-state index in [0.717, 1.165) is 17.7 Å². The predicted octanol–water partition coefficient (Wildman–Crippen LogP) is 1.72. The van der Waals surface area contributed by atoms with Crippen LogP contribution in [0.4, 0.5) is 0 Å². The number of aryl methyl sites for hydroxylation is 1. The number of rotatable bonds is 3. The van der Waals surface area contributed by atoms with Gasteiger partial charge in [-0.15, -0.1) is 0 Å². The van der Waals surface area contributed by atoms with Crippen LogP contribution in [-0.2, 0) is 11.2 Å². The summed E-state index contributed by atoms with van der Waals surface area (Å²) in [6, 6.07) is 0. The first-order valence-electron chi connectivity index (χ1n) is 4.32. The minimum Gasteiger partial charge on any atom is -0.461 e. The zero-order valence-electron chi connectivity index (χ0n) is 8.09. The first-order valence-corrected chi connectivity index (χ1v) is 4.32. The largest absolute Gasteiger partial charge is 0.461 e. The van der Waals surface area contributed by atoms with Crippen LogP contribution < -0.4 is 0 Å². The second kappa shape index (κ2) is 4.07. The van der Waals surface area contributed by atoms with Gasteiger partial charge >= 0.3 is 5.97 Å². The average molecular weight is 183 g/mol. The minimum atomic E-state index is -0.413. The molecule has 0 aliphatic carbocycles. The van der Waals surface area contributed by atoms with Crippen LogP contribution in [0.2, 0.25) is 0 Å². The third kappa shape index (κ3) is 1.88. The molecule has 0 aliphatic rings. The van der Waals surface area contributed by atoms with Crippen molar-refractivity contribution in [3.8, 4) is 0 Å². The highest BCUT2D eigenvalue weighted by molar-refractivity contribution is 5.88. The summed E-state index contributed by atoms with van der Waals surface area (Å²) in [5.41, 5.74) is 1.07. The van der Waals surface area contributed by atoms with E-state index < -0.39 is 5.97 Å².